The van der Waals surface area contributed by atoms with Crippen LogP contribution in [0.25, 0.3) is 0 Å². The van der Waals surface area contributed by atoms with Crippen LogP contribution < -0.4 is 16.2 Å². The third kappa shape index (κ3) is 2.71. The van der Waals surface area contributed by atoms with Crippen molar-refractivity contribution in [3.8, 4) is 0 Å². The molecule has 18 heavy (non-hydrogen) atoms. The van der Waals surface area contributed by atoms with Gasteiger partial charge in [0.05, 0.1) is 0 Å². The van der Waals surface area contributed by atoms with Crippen LogP contribution in [0.1, 0.15) is 24.8 Å². The largest absolute Gasteiger partial charge is 0.351 e. The molecule has 0 bridgehead atoms. The fourth-order valence-electron chi connectivity index (χ4n) is 2.47. The highest BCUT2D eigenvalue weighted by atomic mass is 16.2. The average molecular weight is 245 g/mol. The lowest BCUT2D eigenvalue weighted by Gasteiger charge is -2.10. The van der Waals surface area contributed by atoms with E-state index in [1.165, 1.54) is 12.8 Å². The zero-order valence-corrected chi connectivity index (χ0v) is 10.4. The Morgan fingerprint density at radius 2 is 2.00 bits per heavy atom. The maximum absolute atomic E-state index is 12.0. The first-order valence-electron chi connectivity index (χ1n) is 6.65. The molecule has 1 aliphatic heterocycles. The van der Waals surface area contributed by atoms with Gasteiger partial charge in [-0.3, -0.25) is 10.2 Å². The predicted molar refractivity (Wildman–Crippen MR) is 69.5 cm³/mol. The van der Waals surface area contributed by atoms with E-state index in [9.17, 15) is 4.79 Å². The molecule has 0 spiro atoms. The Bertz CT molecular complexity index is 416. The van der Waals surface area contributed by atoms with E-state index in [0.717, 1.165) is 17.9 Å². The van der Waals surface area contributed by atoms with Crippen LogP contribution >= 0.6 is 0 Å². The molecule has 2 atom stereocenters. The van der Waals surface area contributed by atoms with Crippen molar-refractivity contribution in [2.24, 2.45) is 5.92 Å². The van der Waals surface area contributed by atoms with E-state index in [4.69, 9.17) is 0 Å². The van der Waals surface area contributed by atoms with Gasteiger partial charge in [-0.2, -0.15) is 0 Å². The number of hydrogen-bond acceptors (Lipinski definition) is 3. The Hall–Kier alpha value is -1.39. The summed E-state index contributed by atoms with van der Waals surface area (Å²) in [6.45, 7) is 0.603. The highest BCUT2D eigenvalue weighted by molar-refractivity contribution is 5.82. The van der Waals surface area contributed by atoms with Gasteiger partial charge in [0.2, 0.25) is 5.91 Å². The van der Waals surface area contributed by atoms with Gasteiger partial charge in [-0.05, 0) is 30.7 Å². The summed E-state index contributed by atoms with van der Waals surface area (Å²) in [4.78, 5) is 12.0. The number of rotatable bonds is 4. The lowest BCUT2D eigenvalue weighted by molar-refractivity contribution is -0.123. The summed E-state index contributed by atoms with van der Waals surface area (Å²) in [6, 6.07) is 10.4. The van der Waals surface area contributed by atoms with Crippen molar-refractivity contribution >= 4 is 5.91 Å². The normalized spacial score (nSPS) is 27.1. The van der Waals surface area contributed by atoms with E-state index in [-0.39, 0.29) is 11.9 Å². The molecule has 1 aromatic rings. The topological polar surface area (TPSA) is 53.2 Å². The molecule has 1 amide bonds. The second-order valence-corrected chi connectivity index (χ2v) is 5.22. The van der Waals surface area contributed by atoms with Gasteiger partial charge in [-0.25, -0.2) is 5.43 Å². The molecule has 2 fully saturated rings. The lowest BCUT2D eigenvalue weighted by Crippen LogP contribution is -2.43. The van der Waals surface area contributed by atoms with E-state index in [0.29, 0.717) is 12.6 Å². The summed E-state index contributed by atoms with van der Waals surface area (Å²) in [5.74, 6) is 0.874. The molecule has 3 rings (SSSR count). The molecular weight excluding hydrogens is 226 g/mol. The summed E-state index contributed by atoms with van der Waals surface area (Å²) < 4.78 is 0. The van der Waals surface area contributed by atoms with E-state index in [1.54, 1.807) is 0 Å². The average Bonchev–Trinajstić information content (AvgIpc) is 3.15. The monoisotopic (exact) mass is 245 g/mol. The Labute approximate surface area is 107 Å². The fourth-order valence-corrected chi connectivity index (χ4v) is 2.47. The van der Waals surface area contributed by atoms with Crippen molar-refractivity contribution in [2.75, 3.05) is 0 Å². The summed E-state index contributed by atoms with van der Waals surface area (Å²) in [6.07, 6.45) is 3.51. The number of amides is 1. The van der Waals surface area contributed by atoms with Crippen molar-refractivity contribution in [3.05, 3.63) is 35.9 Å². The van der Waals surface area contributed by atoms with Gasteiger partial charge in [0.1, 0.15) is 6.04 Å². The van der Waals surface area contributed by atoms with Crippen molar-refractivity contribution in [2.45, 2.75) is 37.9 Å². The Morgan fingerprint density at radius 1 is 1.22 bits per heavy atom. The maximum Gasteiger partial charge on any atom is 0.238 e. The van der Waals surface area contributed by atoms with E-state index in [1.807, 2.05) is 30.3 Å². The third-order valence-electron chi connectivity index (χ3n) is 3.75. The minimum Gasteiger partial charge on any atom is -0.351 e. The zero-order valence-electron chi connectivity index (χ0n) is 10.4. The number of benzene rings is 1. The van der Waals surface area contributed by atoms with E-state index < -0.39 is 0 Å². The molecule has 4 nitrogen and oxygen atoms in total. The zero-order chi connectivity index (χ0) is 12.4. The minimum atomic E-state index is -0.0840. The van der Waals surface area contributed by atoms with Crippen LogP contribution in [0.15, 0.2) is 30.3 Å². The van der Waals surface area contributed by atoms with Crippen molar-refractivity contribution in [1.82, 2.24) is 16.2 Å². The van der Waals surface area contributed by atoms with Gasteiger partial charge >= 0.3 is 0 Å². The summed E-state index contributed by atoms with van der Waals surface area (Å²) in [7, 11) is 0. The molecule has 3 N–H and O–H groups in total. The first kappa shape index (κ1) is 11.7. The molecule has 2 aliphatic rings. The van der Waals surface area contributed by atoms with Crippen LogP contribution in [-0.4, -0.2) is 18.0 Å². The SMILES string of the molecule is O=C(NCc1ccccc1)C1CC(C2CC2)NN1. The number of carbonyl (C=O) groups is 1. The van der Waals surface area contributed by atoms with Crippen molar-refractivity contribution in [3.63, 3.8) is 0 Å². The van der Waals surface area contributed by atoms with Crippen LogP contribution in [0, 0.1) is 5.92 Å². The molecule has 4 heteroatoms. The second-order valence-electron chi connectivity index (χ2n) is 5.22. The van der Waals surface area contributed by atoms with Crippen LogP contribution in [0.2, 0.25) is 0 Å². The standard InChI is InChI=1S/C14H19N3O/c18-14(15-9-10-4-2-1-3-5-10)13-8-12(16-17-13)11-6-7-11/h1-5,11-13,16-17H,6-9H2,(H,15,18). The molecule has 1 heterocycles. The number of hydrazine groups is 1. The number of carbonyl (C=O) groups excluding carboxylic acids is 1. The fraction of sp³-hybridized carbons (Fsp3) is 0.500. The summed E-state index contributed by atoms with van der Waals surface area (Å²) in [5, 5.41) is 2.98. The lowest BCUT2D eigenvalue weighted by atomic mass is 10.1. The predicted octanol–water partition coefficient (Wildman–Crippen LogP) is 0.948. The minimum absolute atomic E-state index is 0.0840. The van der Waals surface area contributed by atoms with Gasteiger partial charge in [0, 0.05) is 12.6 Å². The molecule has 0 radical (unpaired) electrons. The van der Waals surface area contributed by atoms with Crippen LogP contribution in [0.3, 0.4) is 0 Å². The number of hydrogen-bond donors (Lipinski definition) is 3. The van der Waals surface area contributed by atoms with Gasteiger partial charge in [0.25, 0.3) is 0 Å². The first-order chi connectivity index (χ1) is 8.83. The van der Waals surface area contributed by atoms with Crippen molar-refractivity contribution in [1.29, 1.82) is 0 Å². The van der Waals surface area contributed by atoms with Gasteiger partial charge in [0.15, 0.2) is 0 Å². The summed E-state index contributed by atoms with van der Waals surface area (Å²) >= 11 is 0. The summed E-state index contributed by atoms with van der Waals surface area (Å²) in [5.41, 5.74) is 7.47. The van der Waals surface area contributed by atoms with Gasteiger partial charge in [-0.1, -0.05) is 30.3 Å². The molecule has 1 aromatic carbocycles. The highest BCUT2D eigenvalue weighted by Gasteiger charge is 2.38. The third-order valence-corrected chi connectivity index (χ3v) is 3.75. The van der Waals surface area contributed by atoms with E-state index in [2.05, 4.69) is 16.2 Å². The van der Waals surface area contributed by atoms with Crippen LogP contribution in [0.4, 0.5) is 0 Å². The maximum atomic E-state index is 12.0. The van der Waals surface area contributed by atoms with E-state index >= 15 is 0 Å². The Balaban J connectivity index is 1.47. The molecule has 1 aliphatic carbocycles. The highest BCUT2D eigenvalue weighted by Crippen LogP contribution is 2.35. The smallest absolute Gasteiger partial charge is 0.238 e. The van der Waals surface area contributed by atoms with Crippen LogP contribution in [0.5, 0.6) is 0 Å². The molecule has 2 unspecified atom stereocenters. The molecular formula is C14H19N3O. The number of nitrogens with one attached hydrogen (secondary N) is 3. The molecule has 0 aromatic heterocycles. The second kappa shape index (κ2) is 5.08. The molecule has 96 valence electrons. The quantitative estimate of drug-likeness (QED) is 0.740. The van der Waals surface area contributed by atoms with Crippen molar-refractivity contribution < 1.29 is 4.79 Å². The first-order valence-corrected chi connectivity index (χ1v) is 6.65. The Morgan fingerprint density at radius 3 is 2.72 bits per heavy atom. The molecule has 1 saturated carbocycles. The molecule has 1 saturated heterocycles. The van der Waals surface area contributed by atoms with Crippen LogP contribution in [-0.2, 0) is 11.3 Å². The Kier molecular flexibility index (Phi) is 3.30. The van der Waals surface area contributed by atoms with Gasteiger partial charge < -0.3 is 5.32 Å². The van der Waals surface area contributed by atoms with Gasteiger partial charge in [-0.15, -0.1) is 0 Å².